The van der Waals surface area contributed by atoms with Crippen LogP contribution in [0.1, 0.15) is 21.8 Å². The maximum absolute atomic E-state index is 11.0. The molecule has 0 N–H and O–H groups in total. The van der Waals surface area contributed by atoms with Crippen molar-refractivity contribution in [1.29, 1.82) is 0 Å². The van der Waals surface area contributed by atoms with Crippen LogP contribution in [0.4, 0.5) is 0 Å². The minimum Gasteiger partial charge on any atom is -0.377 e. The Labute approximate surface area is 115 Å². The quantitative estimate of drug-likeness (QED) is 0.669. The lowest BCUT2D eigenvalue weighted by Gasteiger charge is -2.02. The molecule has 3 aromatic rings. The lowest BCUT2D eigenvalue weighted by molar-refractivity contribution is 0.112. The molecule has 0 fully saturated rings. The molecule has 20 heavy (non-hydrogen) atoms. The highest BCUT2D eigenvalue weighted by molar-refractivity contribution is 5.97. The van der Waals surface area contributed by atoms with Gasteiger partial charge in [-0.3, -0.25) is 4.79 Å². The number of rotatable bonds is 5. The van der Waals surface area contributed by atoms with Crippen molar-refractivity contribution in [2.75, 3.05) is 7.11 Å². The van der Waals surface area contributed by atoms with Crippen LogP contribution in [0.2, 0.25) is 0 Å². The SMILES string of the molecule is COCc1cc(Cn2ccc3c(C=O)cccc32)no1. The van der Waals surface area contributed by atoms with Crippen molar-refractivity contribution in [3.05, 3.63) is 53.5 Å². The summed E-state index contributed by atoms with van der Waals surface area (Å²) in [5.41, 5.74) is 2.53. The van der Waals surface area contributed by atoms with Crippen LogP contribution < -0.4 is 0 Å². The fourth-order valence-electron chi connectivity index (χ4n) is 2.30. The van der Waals surface area contributed by atoms with Crippen LogP contribution in [0.5, 0.6) is 0 Å². The van der Waals surface area contributed by atoms with Crippen molar-refractivity contribution in [3.63, 3.8) is 0 Å². The fourth-order valence-corrected chi connectivity index (χ4v) is 2.30. The Morgan fingerprint density at radius 3 is 3.10 bits per heavy atom. The molecule has 3 rings (SSSR count). The van der Waals surface area contributed by atoms with Crippen molar-refractivity contribution < 1.29 is 14.1 Å². The van der Waals surface area contributed by atoms with Crippen LogP contribution in [0.15, 0.2) is 41.1 Å². The zero-order chi connectivity index (χ0) is 13.9. The second kappa shape index (κ2) is 5.30. The van der Waals surface area contributed by atoms with Crippen LogP contribution >= 0.6 is 0 Å². The third kappa shape index (κ3) is 2.23. The summed E-state index contributed by atoms with van der Waals surface area (Å²) in [5.74, 6) is 0.701. The predicted molar refractivity (Wildman–Crippen MR) is 73.6 cm³/mol. The van der Waals surface area contributed by atoms with Crippen LogP contribution in [0, 0.1) is 0 Å². The standard InChI is InChI=1S/C15H14N2O3/c1-19-10-13-7-12(16-20-13)8-17-6-5-14-11(9-18)3-2-4-15(14)17/h2-7,9H,8,10H2,1H3. The highest BCUT2D eigenvalue weighted by Crippen LogP contribution is 2.20. The summed E-state index contributed by atoms with van der Waals surface area (Å²) < 4.78 is 12.2. The predicted octanol–water partition coefficient (Wildman–Crippen LogP) is 2.64. The number of carbonyl (C=O) groups is 1. The molecule has 2 aromatic heterocycles. The molecule has 0 radical (unpaired) electrons. The van der Waals surface area contributed by atoms with Crippen molar-refractivity contribution >= 4 is 17.2 Å². The number of hydrogen-bond acceptors (Lipinski definition) is 4. The molecule has 2 heterocycles. The molecule has 0 bridgehead atoms. The van der Waals surface area contributed by atoms with Gasteiger partial charge in [-0.15, -0.1) is 0 Å². The van der Waals surface area contributed by atoms with E-state index in [1.165, 1.54) is 0 Å². The monoisotopic (exact) mass is 270 g/mol. The van der Waals surface area contributed by atoms with Crippen LogP contribution in [-0.4, -0.2) is 23.1 Å². The first-order valence-electron chi connectivity index (χ1n) is 6.28. The third-order valence-corrected chi connectivity index (χ3v) is 3.20. The first kappa shape index (κ1) is 12.6. The summed E-state index contributed by atoms with van der Waals surface area (Å²) in [5, 5.41) is 4.96. The molecule has 0 spiro atoms. The van der Waals surface area contributed by atoms with Gasteiger partial charge in [-0.2, -0.15) is 0 Å². The minimum absolute atomic E-state index is 0.411. The van der Waals surface area contributed by atoms with Gasteiger partial charge in [0.1, 0.15) is 12.3 Å². The molecule has 0 aliphatic heterocycles. The molecule has 0 aliphatic carbocycles. The highest BCUT2D eigenvalue weighted by atomic mass is 16.5. The summed E-state index contributed by atoms with van der Waals surface area (Å²) >= 11 is 0. The summed E-state index contributed by atoms with van der Waals surface area (Å²) in [6, 6.07) is 9.49. The van der Waals surface area contributed by atoms with Gasteiger partial charge in [0.15, 0.2) is 12.0 Å². The highest BCUT2D eigenvalue weighted by Gasteiger charge is 2.08. The number of benzene rings is 1. The van der Waals surface area contributed by atoms with Crippen LogP contribution in [0.25, 0.3) is 10.9 Å². The molecule has 102 valence electrons. The van der Waals surface area contributed by atoms with Gasteiger partial charge in [0.2, 0.25) is 0 Å². The maximum Gasteiger partial charge on any atom is 0.162 e. The number of carbonyl (C=O) groups excluding carboxylic acids is 1. The number of methoxy groups -OCH3 is 1. The normalized spacial score (nSPS) is 11.1. The molecule has 5 heteroatoms. The van der Waals surface area contributed by atoms with Gasteiger partial charge in [0.25, 0.3) is 0 Å². The molecule has 0 saturated heterocycles. The average Bonchev–Trinajstić information content (AvgIpc) is 3.07. The first-order chi connectivity index (χ1) is 9.81. The topological polar surface area (TPSA) is 57.3 Å². The summed E-state index contributed by atoms with van der Waals surface area (Å²) in [6.45, 7) is 1.01. The Morgan fingerprint density at radius 2 is 2.30 bits per heavy atom. The second-order valence-electron chi connectivity index (χ2n) is 4.56. The van der Waals surface area contributed by atoms with Crippen molar-refractivity contribution in [3.8, 4) is 0 Å². The second-order valence-corrected chi connectivity index (χ2v) is 4.56. The number of nitrogens with zero attached hydrogens (tertiary/aromatic N) is 2. The molecule has 0 saturated carbocycles. The number of aromatic nitrogens is 2. The zero-order valence-electron chi connectivity index (χ0n) is 11.1. The van der Waals surface area contributed by atoms with E-state index in [1.54, 1.807) is 7.11 Å². The van der Waals surface area contributed by atoms with E-state index in [9.17, 15) is 4.79 Å². The number of hydrogen-bond donors (Lipinski definition) is 0. The van der Waals surface area contributed by atoms with E-state index in [-0.39, 0.29) is 0 Å². The summed E-state index contributed by atoms with van der Waals surface area (Å²) in [7, 11) is 1.61. The molecule has 0 unspecified atom stereocenters. The van der Waals surface area contributed by atoms with E-state index in [2.05, 4.69) is 5.16 Å². The molecular formula is C15H14N2O3. The van der Waals surface area contributed by atoms with Gasteiger partial charge in [-0.05, 0) is 12.1 Å². The molecule has 0 atom stereocenters. The van der Waals surface area contributed by atoms with Crippen molar-refractivity contribution in [1.82, 2.24) is 9.72 Å². The lowest BCUT2D eigenvalue weighted by atomic mass is 10.1. The Balaban J connectivity index is 1.92. The lowest BCUT2D eigenvalue weighted by Crippen LogP contribution is -1.98. The van der Waals surface area contributed by atoms with Crippen LogP contribution in [-0.2, 0) is 17.9 Å². The molecule has 0 aliphatic rings. The smallest absolute Gasteiger partial charge is 0.162 e. The van der Waals surface area contributed by atoms with Gasteiger partial charge in [-0.1, -0.05) is 17.3 Å². The Morgan fingerprint density at radius 1 is 1.40 bits per heavy atom. The molecule has 5 nitrogen and oxygen atoms in total. The van der Waals surface area contributed by atoms with E-state index >= 15 is 0 Å². The summed E-state index contributed by atoms with van der Waals surface area (Å²) in [6.07, 6.45) is 2.82. The van der Waals surface area contributed by atoms with Gasteiger partial charge >= 0.3 is 0 Å². The van der Waals surface area contributed by atoms with E-state index < -0.39 is 0 Å². The van der Waals surface area contributed by atoms with Gasteiger partial charge < -0.3 is 13.8 Å². The van der Waals surface area contributed by atoms with Crippen LogP contribution in [0.3, 0.4) is 0 Å². The van der Waals surface area contributed by atoms with Crippen molar-refractivity contribution in [2.45, 2.75) is 13.2 Å². The molecule has 0 amide bonds. The van der Waals surface area contributed by atoms with E-state index in [0.717, 1.165) is 22.9 Å². The minimum atomic E-state index is 0.411. The maximum atomic E-state index is 11.0. The van der Waals surface area contributed by atoms with Gasteiger partial charge in [0, 0.05) is 35.8 Å². The summed E-state index contributed by atoms with van der Waals surface area (Å²) in [4.78, 5) is 11.0. The van der Waals surface area contributed by atoms with Gasteiger partial charge in [0.05, 0.1) is 6.54 Å². The zero-order valence-corrected chi connectivity index (χ0v) is 11.1. The largest absolute Gasteiger partial charge is 0.377 e. The Kier molecular flexibility index (Phi) is 3.35. The molecule has 1 aromatic carbocycles. The molecular weight excluding hydrogens is 256 g/mol. The third-order valence-electron chi connectivity index (χ3n) is 3.20. The number of aldehydes is 1. The number of ether oxygens (including phenoxy) is 1. The first-order valence-corrected chi connectivity index (χ1v) is 6.28. The fraction of sp³-hybridized carbons (Fsp3) is 0.200. The van der Waals surface area contributed by atoms with E-state index in [4.69, 9.17) is 9.26 Å². The van der Waals surface area contributed by atoms with Gasteiger partial charge in [-0.25, -0.2) is 0 Å². The Hall–Kier alpha value is -2.40. The number of fused-ring (bicyclic) bond motifs is 1. The van der Waals surface area contributed by atoms with E-state index in [1.807, 2.05) is 41.1 Å². The van der Waals surface area contributed by atoms with Crippen molar-refractivity contribution in [2.24, 2.45) is 0 Å². The average molecular weight is 270 g/mol. The van der Waals surface area contributed by atoms with E-state index in [0.29, 0.717) is 24.5 Å². The Bertz CT molecular complexity index is 742.